The lowest BCUT2D eigenvalue weighted by atomic mass is 10.0. The average Bonchev–Trinajstić information content (AvgIpc) is 3.19. The van der Waals surface area contributed by atoms with Gasteiger partial charge in [-0.1, -0.05) is 72.0 Å². The number of benzene rings is 3. The lowest BCUT2D eigenvalue weighted by Gasteiger charge is -2.33. The van der Waals surface area contributed by atoms with E-state index in [0.717, 1.165) is 26.6 Å². The lowest BCUT2D eigenvalue weighted by molar-refractivity contribution is -0.121. The van der Waals surface area contributed by atoms with Gasteiger partial charge in [-0.3, -0.25) is 9.69 Å². The van der Waals surface area contributed by atoms with Gasteiger partial charge in [0.05, 0.1) is 21.7 Å². The van der Waals surface area contributed by atoms with Crippen LogP contribution in [0.3, 0.4) is 0 Å². The van der Waals surface area contributed by atoms with Crippen LogP contribution < -0.4 is 5.32 Å². The zero-order valence-electron chi connectivity index (χ0n) is 16.7. The van der Waals surface area contributed by atoms with Gasteiger partial charge in [-0.2, -0.15) is 0 Å². The fourth-order valence-corrected chi connectivity index (χ4v) is 6.15. The van der Waals surface area contributed by atoms with Gasteiger partial charge in [-0.25, -0.2) is 13.4 Å². The number of hydrogen-bond acceptors (Lipinski definition) is 6. The highest BCUT2D eigenvalue weighted by atomic mass is 32.2. The number of hydrogen-bond donors (Lipinski definition) is 1. The molecule has 0 aliphatic carbocycles. The zero-order valence-corrected chi connectivity index (χ0v) is 18.3. The Morgan fingerprint density at radius 3 is 2.45 bits per heavy atom. The number of rotatable bonds is 4. The summed E-state index contributed by atoms with van der Waals surface area (Å²) >= 11 is 1.44. The molecule has 1 unspecified atom stereocenters. The predicted octanol–water partition coefficient (Wildman–Crippen LogP) is 3.86. The van der Waals surface area contributed by atoms with E-state index in [1.165, 1.54) is 11.3 Å². The number of nitrogens with one attached hydrogen (secondary N) is 1. The zero-order chi connectivity index (χ0) is 21.4. The maximum absolute atomic E-state index is 13.4. The second kappa shape index (κ2) is 8.03. The topological polar surface area (TPSA) is 79.4 Å². The van der Waals surface area contributed by atoms with Gasteiger partial charge in [-0.15, -0.1) is 0 Å². The number of nitrogens with zero attached hydrogens (tertiary/aromatic N) is 2. The molecule has 1 saturated heterocycles. The summed E-state index contributed by atoms with van der Waals surface area (Å²) in [6, 6.07) is 21.0. The van der Waals surface area contributed by atoms with Crippen molar-refractivity contribution in [2.24, 2.45) is 0 Å². The molecule has 1 fully saturated rings. The number of sulfone groups is 1. The third-order valence-corrected chi connectivity index (χ3v) is 8.17. The van der Waals surface area contributed by atoms with Crippen LogP contribution in [0.15, 0.2) is 66.7 Å². The first-order valence-corrected chi connectivity index (χ1v) is 12.7. The van der Waals surface area contributed by atoms with E-state index in [4.69, 9.17) is 4.98 Å². The van der Waals surface area contributed by atoms with Gasteiger partial charge >= 0.3 is 0 Å². The largest absolute Gasteiger partial charge is 0.300 e. The highest BCUT2D eigenvalue weighted by Crippen LogP contribution is 2.33. The van der Waals surface area contributed by atoms with Crippen molar-refractivity contribution in [1.82, 2.24) is 9.88 Å². The van der Waals surface area contributed by atoms with Crippen LogP contribution in [0.2, 0.25) is 0 Å². The van der Waals surface area contributed by atoms with Gasteiger partial charge in [0.15, 0.2) is 15.0 Å². The average molecular weight is 452 g/mol. The van der Waals surface area contributed by atoms with E-state index in [1.807, 2.05) is 65.6 Å². The van der Waals surface area contributed by atoms with E-state index in [1.54, 1.807) is 0 Å². The minimum absolute atomic E-state index is 0.0662. The fourth-order valence-electron chi connectivity index (χ4n) is 4.04. The number of amides is 1. The molecule has 2 heterocycles. The predicted molar refractivity (Wildman–Crippen MR) is 125 cm³/mol. The lowest BCUT2D eigenvalue weighted by Crippen LogP contribution is -2.46. The summed E-state index contributed by atoms with van der Waals surface area (Å²) in [5.74, 6) is -0.0677. The van der Waals surface area contributed by atoms with E-state index >= 15 is 0 Å². The van der Waals surface area contributed by atoms with E-state index in [0.29, 0.717) is 18.2 Å². The van der Waals surface area contributed by atoms with Crippen LogP contribution >= 0.6 is 11.3 Å². The molecular weight excluding hydrogens is 430 g/mol. The summed E-state index contributed by atoms with van der Waals surface area (Å²) in [7, 11) is -3.04. The Kier molecular flexibility index (Phi) is 5.21. The number of anilines is 1. The molecule has 6 nitrogen and oxygen atoms in total. The molecule has 31 heavy (non-hydrogen) atoms. The van der Waals surface area contributed by atoms with Crippen LogP contribution in [0, 0.1) is 0 Å². The van der Waals surface area contributed by atoms with Crippen molar-refractivity contribution in [3.05, 3.63) is 72.3 Å². The molecule has 1 aliphatic heterocycles. The molecule has 1 N–H and O–H groups in total. The Morgan fingerprint density at radius 1 is 0.968 bits per heavy atom. The Hall–Kier alpha value is -2.81. The van der Waals surface area contributed by atoms with Crippen molar-refractivity contribution >= 4 is 53.2 Å². The number of carbonyl (C=O) groups excluding carboxylic acids is 1. The van der Waals surface area contributed by atoms with Gasteiger partial charge in [0.2, 0.25) is 5.91 Å². The molecule has 1 atom stereocenters. The molecule has 0 saturated carbocycles. The summed E-state index contributed by atoms with van der Waals surface area (Å²) in [5.41, 5.74) is 1.71. The summed E-state index contributed by atoms with van der Waals surface area (Å²) in [6.07, 6.45) is 0. The first-order chi connectivity index (χ1) is 15.0. The highest BCUT2D eigenvalue weighted by molar-refractivity contribution is 7.91. The van der Waals surface area contributed by atoms with Crippen LogP contribution in [-0.2, 0) is 14.6 Å². The fraction of sp³-hybridized carbons (Fsp3) is 0.217. The minimum Gasteiger partial charge on any atom is -0.300 e. The standard InChI is InChI=1S/C23H21N3O3S2/c27-22(21(17-7-2-1-3-8-17)26-12-14-31(28,29)15-13-26)25-23-24-20-18-9-5-4-6-16(18)10-11-19(20)30-23/h1-11,21H,12-15H2,(H,24,25,27). The van der Waals surface area contributed by atoms with Crippen molar-refractivity contribution in [2.75, 3.05) is 29.9 Å². The maximum Gasteiger partial charge on any atom is 0.248 e. The molecule has 3 aromatic carbocycles. The van der Waals surface area contributed by atoms with Crippen LogP contribution in [0.4, 0.5) is 5.13 Å². The molecule has 1 amide bonds. The number of aromatic nitrogens is 1. The SMILES string of the molecule is O=C(Nc1nc2c(ccc3ccccc32)s1)C(c1ccccc1)N1CCS(=O)(=O)CC1. The maximum atomic E-state index is 13.4. The van der Waals surface area contributed by atoms with Crippen LogP contribution in [0.25, 0.3) is 21.0 Å². The minimum atomic E-state index is -3.04. The Balaban J connectivity index is 1.46. The first kappa shape index (κ1) is 20.1. The van der Waals surface area contributed by atoms with E-state index in [9.17, 15) is 13.2 Å². The first-order valence-electron chi connectivity index (χ1n) is 10.1. The Labute approximate surface area is 184 Å². The molecule has 4 aromatic rings. The highest BCUT2D eigenvalue weighted by Gasteiger charge is 2.33. The summed E-state index contributed by atoms with van der Waals surface area (Å²) in [6.45, 7) is 0.666. The van der Waals surface area contributed by atoms with Crippen LogP contribution in [-0.4, -0.2) is 48.8 Å². The van der Waals surface area contributed by atoms with Crippen molar-refractivity contribution in [3.8, 4) is 0 Å². The van der Waals surface area contributed by atoms with Crippen molar-refractivity contribution < 1.29 is 13.2 Å². The summed E-state index contributed by atoms with van der Waals surface area (Å²) in [5, 5.41) is 5.69. The van der Waals surface area contributed by atoms with Crippen molar-refractivity contribution in [1.29, 1.82) is 0 Å². The summed E-state index contributed by atoms with van der Waals surface area (Å²) < 4.78 is 24.8. The van der Waals surface area contributed by atoms with Gasteiger partial charge in [-0.05, 0) is 17.0 Å². The van der Waals surface area contributed by atoms with Gasteiger partial charge in [0.1, 0.15) is 6.04 Å². The second-order valence-electron chi connectivity index (χ2n) is 7.64. The number of carbonyl (C=O) groups is 1. The molecule has 0 spiro atoms. The normalized spacial score (nSPS) is 17.5. The van der Waals surface area contributed by atoms with E-state index in [2.05, 4.69) is 11.4 Å². The third kappa shape index (κ3) is 4.06. The van der Waals surface area contributed by atoms with Gasteiger partial charge in [0.25, 0.3) is 0 Å². The van der Waals surface area contributed by atoms with Crippen molar-refractivity contribution in [3.63, 3.8) is 0 Å². The molecule has 5 rings (SSSR count). The Bertz CT molecular complexity index is 1350. The third-order valence-electron chi connectivity index (χ3n) is 5.62. The van der Waals surface area contributed by atoms with Crippen LogP contribution in [0.1, 0.15) is 11.6 Å². The Morgan fingerprint density at radius 2 is 1.68 bits per heavy atom. The quantitative estimate of drug-likeness (QED) is 0.510. The molecular formula is C23H21N3O3S2. The van der Waals surface area contributed by atoms with Crippen molar-refractivity contribution in [2.45, 2.75) is 6.04 Å². The number of fused-ring (bicyclic) bond motifs is 3. The second-order valence-corrected chi connectivity index (χ2v) is 11.0. The van der Waals surface area contributed by atoms with Gasteiger partial charge in [0, 0.05) is 18.5 Å². The molecule has 1 aliphatic rings. The van der Waals surface area contributed by atoms with E-state index < -0.39 is 15.9 Å². The smallest absolute Gasteiger partial charge is 0.248 e. The van der Waals surface area contributed by atoms with Gasteiger partial charge < -0.3 is 5.32 Å². The molecule has 8 heteroatoms. The monoisotopic (exact) mass is 451 g/mol. The number of thiazole rings is 1. The summed E-state index contributed by atoms with van der Waals surface area (Å²) in [4.78, 5) is 20.0. The molecule has 158 valence electrons. The van der Waals surface area contributed by atoms with Crippen LogP contribution in [0.5, 0.6) is 0 Å². The van der Waals surface area contributed by atoms with E-state index in [-0.39, 0.29) is 17.4 Å². The molecule has 1 aromatic heterocycles. The molecule has 0 radical (unpaired) electrons. The molecule has 0 bridgehead atoms.